The molecule has 0 aliphatic carbocycles. The number of carbonyl (C=O) groups excluding carboxylic acids is 1. The molecule has 0 aromatic heterocycles. The highest BCUT2D eigenvalue weighted by atomic mass is 16.1. The van der Waals surface area contributed by atoms with Crippen molar-refractivity contribution in [3.05, 3.63) is 35.4 Å². The quantitative estimate of drug-likeness (QED) is 0.742. The fourth-order valence-corrected chi connectivity index (χ4v) is 1.86. The number of rotatable bonds is 5. The highest BCUT2D eigenvalue weighted by Crippen LogP contribution is 2.23. The number of nitrogens with zero attached hydrogens (tertiary/aromatic N) is 1. The maximum Gasteiger partial charge on any atom is 0.162 e. The van der Waals surface area contributed by atoms with Gasteiger partial charge in [0.15, 0.2) is 5.78 Å². The predicted octanol–water partition coefficient (Wildman–Crippen LogP) is 3.51. The fourth-order valence-electron chi connectivity index (χ4n) is 1.86. The normalized spacial score (nSPS) is 11.9. The van der Waals surface area contributed by atoms with Crippen LogP contribution in [0.1, 0.15) is 49.5 Å². The Morgan fingerprint density at radius 1 is 1.22 bits per heavy atom. The lowest BCUT2D eigenvalue weighted by atomic mass is 9.85. The van der Waals surface area contributed by atoms with Gasteiger partial charge in [-0.25, -0.2) is 0 Å². The Kier molecular flexibility index (Phi) is 5.09. The van der Waals surface area contributed by atoms with Gasteiger partial charge in [-0.15, -0.1) is 0 Å². The Hall–Kier alpha value is -1.15. The Labute approximate surface area is 111 Å². The van der Waals surface area contributed by atoms with Crippen LogP contribution in [0.5, 0.6) is 0 Å². The van der Waals surface area contributed by atoms with Crippen molar-refractivity contribution >= 4 is 5.78 Å². The molecule has 0 spiro atoms. The second-order valence-corrected chi connectivity index (χ2v) is 6.16. The van der Waals surface area contributed by atoms with Gasteiger partial charge < -0.3 is 4.90 Å². The molecule has 0 aliphatic rings. The van der Waals surface area contributed by atoms with Crippen molar-refractivity contribution in [3.63, 3.8) is 0 Å². The van der Waals surface area contributed by atoms with E-state index in [1.807, 2.05) is 32.3 Å². The van der Waals surface area contributed by atoms with Gasteiger partial charge in [-0.05, 0) is 44.1 Å². The molecule has 0 aliphatic heterocycles. The zero-order chi connectivity index (χ0) is 13.8. The molecule has 0 radical (unpaired) electrons. The molecule has 1 aromatic carbocycles. The van der Waals surface area contributed by atoms with Crippen LogP contribution in [0.4, 0.5) is 0 Å². The average molecular weight is 247 g/mol. The van der Waals surface area contributed by atoms with Crippen molar-refractivity contribution < 1.29 is 4.79 Å². The molecule has 1 aromatic rings. The minimum absolute atomic E-state index is 0.0971. The van der Waals surface area contributed by atoms with E-state index in [0.717, 1.165) is 18.5 Å². The first-order valence-electron chi connectivity index (χ1n) is 6.59. The van der Waals surface area contributed by atoms with Crippen molar-refractivity contribution in [2.45, 2.75) is 39.0 Å². The standard InChI is InChI=1S/C16H25NO/c1-16(2,3)14-9-6-8-13(12-14)15(18)10-7-11-17(4)5/h6,8-9,12H,7,10-11H2,1-5H3. The Morgan fingerprint density at radius 3 is 2.44 bits per heavy atom. The summed E-state index contributed by atoms with van der Waals surface area (Å²) in [5.41, 5.74) is 2.17. The molecule has 100 valence electrons. The van der Waals surface area contributed by atoms with Crippen molar-refractivity contribution in [1.29, 1.82) is 0 Å². The van der Waals surface area contributed by atoms with E-state index in [0.29, 0.717) is 6.42 Å². The monoisotopic (exact) mass is 247 g/mol. The number of carbonyl (C=O) groups is 1. The Balaban J connectivity index is 2.69. The van der Waals surface area contributed by atoms with Gasteiger partial charge in [-0.3, -0.25) is 4.79 Å². The summed E-state index contributed by atoms with van der Waals surface area (Å²) in [6.45, 7) is 7.47. The van der Waals surface area contributed by atoms with E-state index in [2.05, 4.69) is 31.7 Å². The summed E-state index contributed by atoms with van der Waals surface area (Å²) in [7, 11) is 4.06. The smallest absolute Gasteiger partial charge is 0.162 e. The number of Topliss-reactive ketones (excluding diaryl/α,β-unsaturated/α-hetero) is 1. The molecule has 0 atom stereocenters. The van der Waals surface area contributed by atoms with Gasteiger partial charge in [-0.2, -0.15) is 0 Å². The van der Waals surface area contributed by atoms with E-state index in [-0.39, 0.29) is 11.2 Å². The van der Waals surface area contributed by atoms with E-state index in [4.69, 9.17) is 0 Å². The summed E-state index contributed by atoms with van der Waals surface area (Å²) in [6.07, 6.45) is 1.55. The summed E-state index contributed by atoms with van der Waals surface area (Å²) in [5.74, 6) is 0.253. The van der Waals surface area contributed by atoms with E-state index >= 15 is 0 Å². The van der Waals surface area contributed by atoms with Crippen LogP contribution in [0.2, 0.25) is 0 Å². The van der Waals surface area contributed by atoms with Gasteiger partial charge in [0.05, 0.1) is 0 Å². The molecule has 1 rings (SSSR count). The molecule has 0 saturated carbocycles. The first kappa shape index (κ1) is 14.9. The van der Waals surface area contributed by atoms with Crippen molar-refractivity contribution in [2.75, 3.05) is 20.6 Å². The third kappa shape index (κ3) is 4.61. The van der Waals surface area contributed by atoms with Crippen LogP contribution >= 0.6 is 0 Å². The van der Waals surface area contributed by atoms with E-state index in [1.165, 1.54) is 5.56 Å². The average Bonchev–Trinajstić information content (AvgIpc) is 2.27. The third-order valence-electron chi connectivity index (χ3n) is 3.06. The lowest BCUT2D eigenvalue weighted by Crippen LogP contribution is -2.15. The van der Waals surface area contributed by atoms with Crippen LogP contribution in [0, 0.1) is 0 Å². The lowest BCUT2D eigenvalue weighted by Gasteiger charge is -2.19. The third-order valence-corrected chi connectivity index (χ3v) is 3.06. The van der Waals surface area contributed by atoms with Gasteiger partial charge in [-0.1, -0.05) is 39.0 Å². The number of hydrogen-bond acceptors (Lipinski definition) is 2. The van der Waals surface area contributed by atoms with Crippen LogP contribution in [-0.2, 0) is 5.41 Å². The summed E-state index contributed by atoms with van der Waals surface area (Å²) in [6, 6.07) is 8.04. The Bertz CT molecular complexity index is 402. The lowest BCUT2D eigenvalue weighted by molar-refractivity contribution is 0.0977. The van der Waals surface area contributed by atoms with Gasteiger partial charge >= 0.3 is 0 Å². The first-order valence-corrected chi connectivity index (χ1v) is 6.59. The van der Waals surface area contributed by atoms with Crippen LogP contribution in [0.3, 0.4) is 0 Å². The summed E-state index contributed by atoms with van der Waals surface area (Å²) in [4.78, 5) is 14.2. The molecule has 0 heterocycles. The predicted molar refractivity (Wildman–Crippen MR) is 77.3 cm³/mol. The molecule has 0 unspecified atom stereocenters. The van der Waals surface area contributed by atoms with Crippen molar-refractivity contribution in [1.82, 2.24) is 4.90 Å². The summed E-state index contributed by atoms with van der Waals surface area (Å²) >= 11 is 0. The molecule has 2 nitrogen and oxygen atoms in total. The second-order valence-electron chi connectivity index (χ2n) is 6.16. The topological polar surface area (TPSA) is 20.3 Å². The largest absolute Gasteiger partial charge is 0.309 e. The van der Waals surface area contributed by atoms with Gasteiger partial charge in [0.25, 0.3) is 0 Å². The molecular formula is C16H25NO. The van der Waals surface area contributed by atoms with Crippen molar-refractivity contribution in [2.24, 2.45) is 0 Å². The SMILES string of the molecule is CN(C)CCCC(=O)c1cccc(C(C)(C)C)c1. The zero-order valence-corrected chi connectivity index (χ0v) is 12.3. The zero-order valence-electron chi connectivity index (χ0n) is 12.3. The maximum atomic E-state index is 12.1. The molecule has 0 amide bonds. The number of hydrogen-bond donors (Lipinski definition) is 0. The minimum Gasteiger partial charge on any atom is -0.309 e. The van der Waals surface area contributed by atoms with E-state index in [1.54, 1.807) is 0 Å². The number of benzene rings is 1. The molecule has 0 saturated heterocycles. The summed E-state index contributed by atoms with van der Waals surface area (Å²) in [5, 5.41) is 0. The molecular weight excluding hydrogens is 222 g/mol. The van der Waals surface area contributed by atoms with Crippen LogP contribution in [0.25, 0.3) is 0 Å². The van der Waals surface area contributed by atoms with Crippen LogP contribution in [0.15, 0.2) is 24.3 Å². The molecule has 18 heavy (non-hydrogen) atoms. The highest BCUT2D eigenvalue weighted by molar-refractivity contribution is 5.96. The number of ketones is 1. The van der Waals surface area contributed by atoms with Gasteiger partial charge in [0, 0.05) is 12.0 Å². The molecule has 0 N–H and O–H groups in total. The first-order chi connectivity index (χ1) is 8.30. The minimum atomic E-state index is 0.0971. The van der Waals surface area contributed by atoms with Crippen LogP contribution in [-0.4, -0.2) is 31.3 Å². The van der Waals surface area contributed by atoms with E-state index in [9.17, 15) is 4.79 Å². The fraction of sp³-hybridized carbons (Fsp3) is 0.562. The van der Waals surface area contributed by atoms with Gasteiger partial charge in [0.2, 0.25) is 0 Å². The molecule has 0 bridgehead atoms. The summed E-state index contributed by atoms with van der Waals surface area (Å²) < 4.78 is 0. The van der Waals surface area contributed by atoms with Crippen LogP contribution < -0.4 is 0 Å². The second kappa shape index (κ2) is 6.14. The maximum absolute atomic E-state index is 12.1. The Morgan fingerprint density at radius 2 is 1.89 bits per heavy atom. The van der Waals surface area contributed by atoms with Gasteiger partial charge in [0.1, 0.15) is 0 Å². The van der Waals surface area contributed by atoms with E-state index < -0.39 is 0 Å². The van der Waals surface area contributed by atoms with Crippen molar-refractivity contribution in [3.8, 4) is 0 Å². The highest BCUT2D eigenvalue weighted by Gasteiger charge is 2.15. The molecule has 2 heteroatoms. The molecule has 0 fully saturated rings.